The lowest BCUT2D eigenvalue weighted by molar-refractivity contribution is -0.122. The van der Waals surface area contributed by atoms with Crippen molar-refractivity contribution >= 4 is 28.9 Å². The smallest absolute Gasteiger partial charge is 0.229 e. The van der Waals surface area contributed by atoms with E-state index in [1.54, 1.807) is 4.90 Å². The second kappa shape index (κ2) is 6.97. The number of amides is 2. The van der Waals surface area contributed by atoms with Crippen molar-refractivity contribution in [1.82, 2.24) is 0 Å². The molecule has 2 amide bonds. The third kappa shape index (κ3) is 3.82. The minimum atomic E-state index is -0.331. The molecule has 2 aromatic rings. The van der Waals surface area contributed by atoms with Crippen LogP contribution in [-0.2, 0) is 9.59 Å². The Morgan fingerprint density at radius 2 is 1.72 bits per heavy atom. The van der Waals surface area contributed by atoms with Gasteiger partial charge in [0.1, 0.15) is 0 Å². The number of rotatable bonds is 4. The normalized spacial score (nSPS) is 16.8. The van der Waals surface area contributed by atoms with Crippen LogP contribution in [0.1, 0.15) is 12.0 Å². The zero-order valence-electron chi connectivity index (χ0n) is 14.8. The zero-order valence-corrected chi connectivity index (χ0v) is 14.8. The van der Waals surface area contributed by atoms with Gasteiger partial charge >= 0.3 is 0 Å². The van der Waals surface area contributed by atoms with Crippen molar-refractivity contribution in [3.63, 3.8) is 0 Å². The van der Waals surface area contributed by atoms with Crippen LogP contribution in [0.15, 0.2) is 48.5 Å². The van der Waals surface area contributed by atoms with E-state index in [0.717, 1.165) is 22.6 Å². The van der Waals surface area contributed by atoms with E-state index in [1.807, 2.05) is 74.4 Å². The summed E-state index contributed by atoms with van der Waals surface area (Å²) in [6.07, 6.45) is 0.246. The number of anilines is 3. The van der Waals surface area contributed by atoms with Crippen LogP contribution >= 0.6 is 0 Å². The Balaban J connectivity index is 1.65. The predicted octanol–water partition coefficient (Wildman–Crippen LogP) is 3.05. The molecule has 0 aliphatic carbocycles. The molecule has 0 radical (unpaired) electrons. The number of hydrogen-bond donors (Lipinski definition) is 1. The monoisotopic (exact) mass is 337 g/mol. The Bertz CT molecular complexity index is 767. The minimum absolute atomic E-state index is 0.00745. The predicted molar refractivity (Wildman–Crippen MR) is 101 cm³/mol. The topological polar surface area (TPSA) is 52.7 Å². The van der Waals surface area contributed by atoms with Gasteiger partial charge in [0.2, 0.25) is 11.8 Å². The molecule has 0 spiro atoms. The fourth-order valence-corrected chi connectivity index (χ4v) is 2.94. The fraction of sp³-hybridized carbons (Fsp3) is 0.300. The van der Waals surface area contributed by atoms with Gasteiger partial charge in [0, 0.05) is 44.1 Å². The van der Waals surface area contributed by atoms with Crippen LogP contribution in [0.25, 0.3) is 0 Å². The fourth-order valence-electron chi connectivity index (χ4n) is 2.94. The van der Waals surface area contributed by atoms with Gasteiger partial charge in [-0.05, 0) is 43.3 Å². The molecule has 0 aromatic heterocycles. The van der Waals surface area contributed by atoms with Crippen LogP contribution in [0, 0.1) is 12.8 Å². The Labute approximate surface area is 148 Å². The third-order valence-electron chi connectivity index (χ3n) is 4.49. The summed E-state index contributed by atoms with van der Waals surface area (Å²) >= 11 is 0. The Kier molecular flexibility index (Phi) is 4.74. The molecule has 25 heavy (non-hydrogen) atoms. The number of nitrogens with one attached hydrogen (secondary N) is 1. The van der Waals surface area contributed by atoms with Crippen molar-refractivity contribution in [2.45, 2.75) is 13.3 Å². The molecule has 0 bridgehead atoms. The van der Waals surface area contributed by atoms with Gasteiger partial charge in [0.25, 0.3) is 0 Å². The molecule has 1 atom stereocenters. The van der Waals surface area contributed by atoms with Gasteiger partial charge in [-0.25, -0.2) is 0 Å². The largest absolute Gasteiger partial charge is 0.378 e. The number of nitrogens with zero attached hydrogens (tertiary/aromatic N) is 2. The highest BCUT2D eigenvalue weighted by Crippen LogP contribution is 2.26. The molecule has 3 rings (SSSR count). The van der Waals surface area contributed by atoms with Gasteiger partial charge in [-0.15, -0.1) is 0 Å². The maximum Gasteiger partial charge on any atom is 0.229 e. The third-order valence-corrected chi connectivity index (χ3v) is 4.49. The first-order valence-corrected chi connectivity index (χ1v) is 8.39. The lowest BCUT2D eigenvalue weighted by atomic mass is 10.1. The van der Waals surface area contributed by atoms with Crippen molar-refractivity contribution in [3.05, 3.63) is 54.1 Å². The second-order valence-electron chi connectivity index (χ2n) is 6.67. The van der Waals surface area contributed by atoms with E-state index >= 15 is 0 Å². The highest BCUT2D eigenvalue weighted by atomic mass is 16.2. The summed E-state index contributed by atoms with van der Waals surface area (Å²) in [6.45, 7) is 2.43. The van der Waals surface area contributed by atoms with E-state index in [9.17, 15) is 9.59 Å². The number of carbonyl (C=O) groups is 2. The standard InChI is InChI=1S/C20H23N3O2/c1-14-4-8-18(9-5-14)23-13-15(12-19(23)24)20(25)21-16-6-10-17(11-7-16)22(2)3/h4-11,15H,12-13H2,1-3H3,(H,21,25)/t15-/m0/s1. The van der Waals surface area contributed by atoms with E-state index in [4.69, 9.17) is 0 Å². The van der Waals surface area contributed by atoms with E-state index in [1.165, 1.54) is 0 Å². The molecule has 1 aliphatic rings. The van der Waals surface area contributed by atoms with Gasteiger partial charge in [-0.1, -0.05) is 17.7 Å². The highest BCUT2D eigenvalue weighted by Gasteiger charge is 2.35. The van der Waals surface area contributed by atoms with Gasteiger partial charge in [-0.3, -0.25) is 9.59 Å². The first-order valence-electron chi connectivity index (χ1n) is 8.39. The van der Waals surface area contributed by atoms with Crippen molar-refractivity contribution in [2.24, 2.45) is 5.92 Å². The summed E-state index contributed by atoms with van der Waals surface area (Å²) in [5.41, 5.74) is 3.81. The van der Waals surface area contributed by atoms with E-state index in [-0.39, 0.29) is 24.2 Å². The van der Waals surface area contributed by atoms with E-state index in [2.05, 4.69) is 5.32 Å². The molecule has 5 nitrogen and oxygen atoms in total. The average Bonchev–Trinajstić information content (AvgIpc) is 2.98. The van der Waals surface area contributed by atoms with Crippen LogP contribution in [0.2, 0.25) is 0 Å². The first kappa shape index (κ1) is 17.0. The summed E-state index contributed by atoms with van der Waals surface area (Å²) in [7, 11) is 3.94. The maximum atomic E-state index is 12.5. The van der Waals surface area contributed by atoms with E-state index in [0.29, 0.717) is 6.54 Å². The second-order valence-corrected chi connectivity index (χ2v) is 6.67. The van der Waals surface area contributed by atoms with Gasteiger partial charge < -0.3 is 15.1 Å². The summed E-state index contributed by atoms with van der Waals surface area (Å²) in [5.74, 6) is -0.449. The summed E-state index contributed by atoms with van der Waals surface area (Å²) in [4.78, 5) is 28.5. The maximum absolute atomic E-state index is 12.5. The molecule has 0 saturated carbocycles. The number of aryl methyl sites for hydroxylation is 1. The molecule has 1 aliphatic heterocycles. The number of carbonyl (C=O) groups excluding carboxylic acids is 2. The number of hydrogen-bond acceptors (Lipinski definition) is 3. The Hall–Kier alpha value is -2.82. The number of benzene rings is 2. The van der Waals surface area contributed by atoms with Crippen LogP contribution in [0.4, 0.5) is 17.1 Å². The molecule has 0 unspecified atom stereocenters. The van der Waals surface area contributed by atoms with Crippen molar-refractivity contribution < 1.29 is 9.59 Å². The SMILES string of the molecule is Cc1ccc(N2C[C@@H](C(=O)Nc3ccc(N(C)C)cc3)CC2=O)cc1. The van der Waals surface area contributed by atoms with Crippen molar-refractivity contribution in [1.29, 1.82) is 0 Å². The first-order chi connectivity index (χ1) is 11.9. The van der Waals surface area contributed by atoms with E-state index < -0.39 is 0 Å². The molecular formula is C20H23N3O2. The summed E-state index contributed by atoms with van der Waals surface area (Å²) < 4.78 is 0. The molecule has 1 fully saturated rings. The van der Waals surface area contributed by atoms with Crippen LogP contribution in [0.3, 0.4) is 0 Å². The Morgan fingerprint density at radius 3 is 2.32 bits per heavy atom. The van der Waals surface area contributed by atoms with Gasteiger partial charge in [-0.2, -0.15) is 0 Å². The molecule has 5 heteroatoms. The van der Waals surface area contributed by atoms with Crippen LogP contribution in [-0.4, -0.2) is 32.5 Å². The molecule has 1 saturated heterocycles. The highest BCUT2D eigenvalue weighted by molar-refractivity contribution is 6.03. The quantitative estimate of drug-likeness (QED) is 0.933. The molecule has 2 aromatic carbocycles. The summed E-state index contributed by atoms with van der Waals surface area (Å²) in [5, 5.41) is 2.92. The average molecular weight is 337 g/mol. The van der Waals surface area contributed by atoms with Crippen molar-refractivity contribution in [2.75, 3.05) is 35.8 Å². The molecule has 1 heterocycles. The van der Waals surface area contributed by atoms with Gasteiger partial charge in [0.05, 0.1) is 5.92 Å². The molecular weight excluding hydrogens is 314 g/mol. The van der Waals surface area contributed by atoms with Gasteiger partial charge in [0.15, 0.2) is 0 Å². The van der Waals surface area contributed by atoms with Crippen LogP contribution in [0.5, 0.6) is 0 Å². The zero-order chi connectivity index (χ0) is 18.0. The van der Waals surface area contributed by atoms with Crippen molar-refractivity contribution in [3.8, 4) is 0 Å². The Morgan fingerprint density at radius 1 is 1.08 bits per heavy atom. The minimum Gasteiger partial charge on any atom is -0.378 e. The molecule has 1 N–H and O–H groups in total. The molecule has 130 valence electrons. The van der Waals surface area contributed by atoms with Crippen LogP contribution < -0.4 is 15.1 Å². The lowest BCUT2D eigenvalue weighted by Crippen LogP contribution is -2.28. The lowest BCUT2D eigenvalue weighted by Gasteiger charge is -2.17. The summed E-state index contributed by atoms with van der Waals surface area (Å²) in [6, 6.07) is 15.5.